The van der Waals surface area contributed by atoms with Crippen molar-refractivity contribution in [1.29, 1.82) is 0 Å². The van der Waals surface area contributed by atoms with E-state index in [-0.39, 0.29) is 5.91 Å². The van der Waals surface area contributed by atoms with Crippen molar-refractivity contribution in [2.24, 2.45) is 0 Å². The van der Waals surface area contributed by atoms with Crippen LogP contribution >= 0.6 is 35.3 Å². The number of hydrogen-bond acceptors (Lipinski definition) is 5. The minimum atomic E-state index is -0.158. The number of para-hydroxylation sites is 1. The molecule has 0 atom stereocenters. The number of nitrogens with one attached hydrogen (secondary N) is 1. The molecule has 1 aromatic carbocycles. The summed E-state index contributed by atoms with van der Waals surface area (Å²) in [4.78, 5) is 13.6. The maximum atomic E-state index is 12.0. The maximum Gasteiger partial charge on any atom is 0.263 e. The summed E-state index contributed by atoms with van der Waals surface area (Å²) in [5.41, 5.74) is 2.72. The van der Waals surface area contributed by atoms with Crippen LogP contribution in [-0.2, 0) is 4.79 Å². The molecule has 1 amide bonds. The van der Waals surface area contributed by atoms with Gasteiger partial charge in [-0.25, -0.2) is 4.68 Å². The molecule has 0 saturated carbocycles. The molecule has 1 saturated heterocycles. The molecule has 7 heteroatoms. The predicted octanol–water partition coefficient (Wildman–Crippen LogP) is 4.09. The number of aromatic nitrogens is 2. The van der Waals surface area contributed by atoms with Gasteiger partial charge in [0.25, 0.3) is 5.91 Å². The lowest BCUT2D eigenvalue weighted by molar-refractivity contribution is -0.115. The average molecular weight is 369 g/mol. The Balaban J connectivity index is 1.83. The number of rotatable bonds is 3. The molecule has 1 aliphatic rings. The van der Waals surface area contributed by atoms with Crippen LogP contribution in [0.2, 0.25) is 0 Å². The fraction of sp³-hybridized carbons (Fsp3) is 0. The summed E-state index contributed by atoms with van der Waals surface area (Å²) < 4.78 is 2.32. The summed E-state index contributed by atoms with van der Waals surface area (Å²) in [6.07, 6.45) is 3.79. The van der Waals surface area contributed by atoms with E-state index >= 15 is 0 Å². The van der Waals surface area contributed by atoms with Gasteiger partial charge in [0, 0.05) is 11.8 Å². The Labute approximate surface area is 152 Å². The Hall–Kier alpha value is -2.22. The first-order valence-electron chi connectivity index (χ1n) is 7.14. The standard InChI is InChI=1S/C17H11N3OS3/c21-16-14(24-17(22)18-16)9-11-10-20(12-5-2-1-3-6-12)19-15(11)13-7-4-8-23-13/h1-10H,(H,18,21,22)/b14-9-. The average Bonchev–Trinajstić information content (AvgIpc) is 3.29. The highest BCUT2D eigenvalue weighted by atomic mass is 32.2. The number of hydrogen-bond donors (Lipinski definition) is 1. The second-order valence-corrected chi connectivity index (χ2v) is 7.71. The highest BCUT2D eigenvalue weighted by molar-refractivity contribution is 8.26. The molecule has 0 bridgehead atoms. The molecule has 0 aliphatic carbocycles. The molecule has 1 N–H and O–H groups in total. The van der Waals surface area contributed by atoms with Crippen LogP contribution in [0, 0.1) is 0 Å². The van der Waals surface area contributed by atoms with Crippen molar-refractivity contribution in [1.82, 2.24) is 15.1 Å². The van der Waals surface area contributed by atoms with E-state index in [1.165, 1.54) is 11.8 Å². The van der Waals surface area contributed by atoms with Gasteiger partial charge in [0.05, 0.1) is 15.5 Å². The van der Waals surface area contributed by atoms with Gasteiger partial charge in [0.15, 0.2) is 0 Å². The number of carbonyl (C=O) groups excluding carboxylic acids is 1. The van der Waals surface area contributed by atoms with Gasteiger partial charge in [-0.05, 0) is 29.7 Å². The van der Waals surface area contributed by atoms with Crippen LogP contribution in [0.4, 0.5) is 0 Å². The lowest BCUT2D eigenvalue weighted by atomic mass is 10.2. The van der Waals surface area contributed by atoms with Crippen LogP contribution in [0.5, 0.6) is 0 Å². The first-order valence-corrected chi connectivity index (χ1v) is 9.25. The third-order valence-electron chi connectivity index (χ3n) is 3.45. The Morgan fingerprint density at radius 2 is 2.00 bits per heavy atom. The van der Waals surface area contributed by atoms with Crippen molar-refractivity contribution in [3.8, 4) is 16.3 Å². The number of thiophene rings is 1. The summed E-state index contributed by atoms with van der Waals surface area (Å²) in [6.45, 7) is 0. The van der Waals surface area contributed by atoms with E-state index in [1.54, 1.807) is 11.3 Å². The lowest BCUT2D eigenvalue weighted by Crippen LogP contribution is -2.17. The summed E-state index contributed by atoms with van der Waals surface area (Å²) in [5, 5.41) is 9.37. The quantitative estimate of drug-likeness (QED) is 0.558. The molecule has 4 nitrogen and oxygen atoms in total. The number of benzene rings is 1. The normalized spacial score (nSPS) is 15.9. The largest absolute Gasteiger partial charge is 0.307 e. The van der Waals surface area contributed by atoms with Crippen LogP contribution in [-0.4, -0.2) is 20.0 Å². The van der Waals surface area contributed by atoms with Crippen LogP contribution in [0.25, 0.3) is 22.3 Å². The Morgan fingerprint density at radius 1 is 1.17 bits per heavy atom. The van der Waals surface area contributed by atoms with Gasteiger partial charge in [-0.1, -0.05) is 48.2 Å². The van der Waals surface area contributed by atoms with E-state index in [0.717, 1.165) is 21.8 Å². The molecule has 24 heavy (non-hydrogen) atoms. The summed E-state index contributed by atoms with van der Waals surface area (Å²) in [7, 11) is 0. The molecule has 1 aliphatic heterocycles. The SMILES string of the molecule is O=C1NC(=S)S/C1=C\c1cn(-c2ccccc2)nc1-c1cccs1. The van der Waals surface area contributed by atoms with Gasteiger partial charge in [-0.2, -0.15) is 5.10 Å². The van der Waals surface area contributed by atoms with Gasteiger partial charge in [-0.3, -0.25) is 4.79 Å². The first-order chi connectivity index (χ1) is 11.7. The number of amides is 1. The number of nitrogens with zero attached hydrogens (tertiary/aromatic N) is 2. The third kappa shape index (κ3) is 2.93. The molecule has 118 valence electrons. The number of thiocarbonyl (C=S) groups is 1. The highest BCUT2D eigenvalue weighted by Gasteiger charge is 2.23. The van der Waals surface area contributed by atoms with Crippen molar-refractivity contribution >= 4 is 51.6 Å². The zero-order valence-electron chi connectivity index (χ0n) is 12.3. The third-order valence-corrected chi connectivity index (χ3v) is 5.49. The van der Waals surface area contributed by atoms with E-state index in [1.807, 2.05) is 64.8 Å². The predicted molar refractivity (Wildman–Crippen MR) is 103 cm³/mol. The fourth-order valence-corrected chi connectivity index (χ4v) is 4.14. The molecule has 0 radical (unpaired) electrons. The van der Waals surface area contributed by atoms with Crippen molar-refractivity contribution in [2.75, 3.05) is 0 Å². The Bertz CT molecular complexity index is 943. The summed E-state index contributed by atoms with van der Waals surface area (Å²) >= 11 is 7.95. The van der Waals surface area contributed by atoms with Crippen molar-refractivity contribution in [2.45, 2.75) is 0 Å². The summed E-state index contributed by atoms with van der Waals surface area (Å²) in [6, 6.07) is 13.9. The monoisotopic (exact) mass is 369 g/mol. The molecule has 1 fully saturated rings. The van der Waals surface area contributed by atoms with Gasteiger partial charge < -0.3 is 5.32 Å². The topological polar surface area (TPSA) is 46.9 Å². The van der Waals surface area contributed by atoms with Crippen LogP contribution in [0.3, 0.4) is 0 Å². The van der Waals surface area contributed by atoms with Gasteiger partial charge >= 0.3 is 0 Å². The molecule has 3 aromatic rings. The molecular formula is C17H11N3OS3. The zero-order valence-corrected chi connectivity index (χ0v) is 14.8. The molecule has 0 spiro atoms. The molecule has 2 aromatic heterocycles. The van der Waals surface area contributed by atoms with Crippen molar-refractivity contribution < 1.29 is 4.79 Å². The molecule has 3 heterocycles. The van der Waals surface area contributed by atoms with Crippen molar-refractivity contribution in [3.63, 3.8) is 0 Å². The Morgan fingerprint density at radius 3 is 2.67 bits per heavy atom. The smallest absolute Gasteiger partial charge is 0.263 e. The van der Waals surface area contributed by atoms with Gasteiger partial charge in [0.1, 0.15) is 10.0 Å². The minimum absolute atomic E-state index is 0.158. The van der Waals surface area contributed by atoms with E-state index in [9.17, 15) is 4.79 Å². The molecule has 4 rings (SSSR count). The molecule has 0 unspecified atom stereocenters. The maximum absolute atomic E-state index is 12.0. The van der Waals surface area contributed by atoms with E-state index < -0.39 is 0 Å². The van der Waals surface area contributed by atoms with Crippen LogP contribution in [0.1, 0.15) is 5.56 Å². The second-order valence-electron chi connectivity index (χ2n) is 5.04. The van der Waals surface area contributed by atoms with Gasteiger partial charge in [0.2, 0.25) is 0 Å². The van der Waals surface area contributed by atoms with Gasteiger partial charge in [-0.15, -0.1) is 11.3 Å². The molecular weight excluding hydrogens is 358 g/mol. The minimum Gasteiger partial charge on any atom is -0.307 e. The zero-order chi connectivity index (χ0) is 16.5. The Kier molecular flexibility index (Phi) is 4.05. The van der Waals surface area contributed by atoms with Crippen LogP contribution in [0.15, 0.2) is 58.9 Å². The first kappa shape index (κ1) is 15.3. The fourth-order valence-electron chi connectivity index (χ4n) is 2.37. The van der Waals surface area contributed by atoms with E-state index in [4.69, 9.17) is 17.3 Å². The van der Waals surface area contributed by atoms with E-state index in [2.05, 4.69) is 5.32 Å². The number of carbonyl (C=O) groups is 1. The summed E-state index contributed by atoms with van der Waals surface area (Å²) in [5.74, 6) is -0.158. The second kappa shape index (κ2) is 6.35. The van der Waals surface area contributed by atoms with Crippen LogP contribution < -0.4 is 5.32 Å². The number of thioether (sulfide) groups is 1. The van der Waals surface area contributed by atoms with Crippen molar-refractivity contribution in [3.05, 3.63) is 64.5 Å². The van der Waals surface area contributed by atoms with E-state index in [0.29, 0.717) is 9.23 Å². The highest BCUT2D eigenvalue weighted by Crippen LogP contribution is 2.32. The lowest BCUT2D eigenvalue weighted by Gasteiger charge is -1.99.